The van der Waals surface area contributed by atoms with Gasteiger partial charge in [-0.25, -0.2) is 0 Å². The third kappa shape index (κ3) is 6.04. The predicted molar refractivity (Wildman–Crippen MR) is 83.7 cm³/mol. The van der Waals surface area contributed by atoms with Crippen LogP contribution in [0, 0.1) is 5.92 Å². The van der Waals surface area contributed by atoms with Crippen molar-refractivity contribution in [3.05, 3.63) is 23.8 Å². The fourth-order valence-corrected chi connectivity index (χ4v) is 1.72. The molecular weight excluding hydrogens is 268 g/mol. The van der Waals surface area contributed by atoms with E-state index in [0.717, 1.165) is 18.7 Å². The van der Waals surface area contributed by atoms with Gasteiger partial charge in [0.15, 0.2) is 18.1 Å². The van der Waals surface area contributed by atoms with Crippen LogP contribution in [-0.2, 0) is 11.3 Å². The SMILES string of the molecule is COc1ccc(CNCC(C)C)cc1OCC(=O)N(C)C. The summed E-state index contributed by atoms with van der Waals surface area (Å²) in [7, 11) is 5.00. The van der Waals surface area contributed by atoms with E-state index in [1.807, 2.05) is 18.2 Å². The number of likely N-dealkylation sites (N-methyl/N-ethyl adjacent to an activating group) is 1. The van der Waals surface area contributed by atoms with Crippen molar-refractivity contribution in [3.63, 3.8) is 0 Å². The summed E-state index contributed by atoms with van der Waals surface area (Å²) in [5.41, 5.74) is 1.10. The number of methoxy groups -OCH3 is 1. The monoisotopic (exact) mass is 294 g/mol. The first kappa shape index (κ1) is 17.3. The smallest absolute Gasteiger partial charge is 0.259 e. The molecular formula is C16H26N2O3. The Balaban J connectivity index is 2.69. The Labute approximate surface area is 127 Å². The van der Waals surface area contributed by atoms with Gasteiger partial charge in [-0.2, -0.15) is 0 Å². The zero-order chi connectivity index (χ0) is 15.8. The number of amides is 1. The molecule has 0 aliphatic rings. The van der Waals surface area contributed by atoms with Gasteiger partial charge in [0.25, 0.3) is 5.91 Å². The summed E-state index contributed by atoms with van der Waals surface area (Å²) in [6, 6.07) is 5.77. The second-order valence-corrected chi connectivity index (χ2v) is 5.59. The lowest BCUT2D eigenvalue weighted by Gasteiger charge is -2.15. The standard InChI is InChI=1S/C16H26N2O3/c1-12(2)9-17-10-13-6-7-14(20-5)15(8-13)21-11-16(19)18(3)4/h6-8,12,17H,9-11H2,1-5H3. The van der Waals surface area contributed by atoms with Crippen LogP contribution in [0.3, 0.4) is 0 Å². The molecule has 0 atom stereocenters. The van der Waals surface area contributed by atoms with Gasteiger partial charge in [-0.15, -0.1) is 0 Å². The van der Waals surface area contributed by atoms with E-state index >= 15 is 0 Å². The van der Waals surface area contributed by atoms with Crippen molar-refractivity contribution < 1.29 is 14.3 Å². The first-order chi connectivity index (χ1) is 9.93. The molecule has 0 heterocycles. The van der Waals surface area contributed by atoms with Crippen molar-refractivity contribution in [3.8, 4) is 11.5 Å². The molecule has 0 spiro atoms. The van der Waals surface area contributed by atoms with Crippen LogP contribution in [0.4, 0.5) is 0 Å². The Morgan fingerprint density at radius 1 is 1.29 bits per heavy atom. The third-order valence-electron chi connectivity index (χ3n) is 2.96. The molecule has 0 aromatic heterocycles. The zero-order valence-electron chi connectivity index (χ0n) is 13.6. The van der Waals surface area contributed by atoms with Crippen molar-refractivity contribution in [1.82, 2.24) is 10.2 Å². The van der Waals surface area contributed by atoms with Crippen LogP contribution >= 0.6 is 0 Å². The fraction of sp³-hybridized carbons (Fsp3) is 0.562. The molecule has 1 rings (SSSR count). The number of carbonyl (C=O) groups is 1. The number of nitrogens with zero attached hydrogens (tertiary/aromatic N) is 1. The Morgan fingerprint density at radius 3 is 2.57 bits per heavy atom. The minimum Gasteiger partial charge on any atom is -0.493 e. The molecule has 0 radical (unpaired) electrons. The lowest BCUT2D eigenvalue weighted by Crippen LogP contribution is -2.27. The minimum absolute atomic E-state index is 0.00619. The summed E-state index contributed by atoms with van der Waals surface area (Å²) in [4.78, 5) is 13.1. The number of hydrogen-bond donors (Lipinski definition) is 1. The van der Waals surface area contributed by atoms with Gasteiger partial charge >= 0.3 is 0 Å². The fourth-order valence-electron chi connectivity index (χ4n) is 1.72. The quantitative estimate of drug-likeness (QED) is 0.796. The first-order valence-corrected chi connectivity index (χ1v) is 7.14. The molecule has 0 saturated heterocycles. The van der Waals surface area contributed by atoms with Gasteiger partial charge in [0.05, 0.1) is 7.11 Å². The number of hydrogen-bond acceptors (Lipinski definition) is 4. The summed E-state index contributed by atoms with van der Waals surface area (Å²) in [6.45, 7) is 6.07. The highest BCUT2D eigenvalue weighted by Gasteiger charge is 2.10. The zero-order valence-corrected chi connectivity index (χ0v) is 13.6. The maximum absolute atomic E-state index is 11.6. The second kappa shape index (κ2) is 8.52. The van der Waals surface area contributed by atoms with Crippen molar-refractivity contribution >= 4 is 5.91 Å². The van der Waals surface area contributed by atoms with Crippen molar-refractivity contribution in [2.45, 2.75) is 20.4 Å². The maximum atomic E-state index is 11.6. The van der Waals surface area contributed by atoms with Gasteiger partial charge in [0.2, 0.25) is 0 Å². The molecule has 1 aromatic rings. The summed E-state index contributed by atoms with van der Waals surface area (Å²) in [5.74, 6) is 1.75. The number of rotatable bonds is 8. The largest absolute Gasteiger partial charge is 0.493 e. The Kier molecular flexibility index (Phi) is 7.02. The average molecular weight is 294 g/mol. The molecule has 0 aliphatic heterocycles. The second-order valence-electron chi connectivity index (χ2n) is 5.59. The van der Waals surface area contributed by atoms with E-state index in [4.69, 9.17) is 9.47 Å². The minimum atomic E-state index is -0.0830. The normalized spacial score (nSPS) is 10.6. The summed E-state index contributed by atoms with van der Waals surface area (Å²) < 4.78 is 10.8. The lowest BCUT2D eigenvalue weighted by molar-refractivity contribution is -0.130. The van der Waals surface area contributed by atoms with Crippen LogP contribution in [-0.4, -0.2) is 45.2 Å². The molecule has 0 fully saturated rings. The summed E-state index contributed by atoms with van der Waals surface area (Å²) in [6.07, 6.45) is 0. The maximum Gasteiger partial charge on any atom is 0.259 e. The highest BCUT2D eigenvalue weighted by molar-refractivity contribution is 5.77. The van der Waals surface area contributed by atoms with Crippen LogP contribution in [0.15, 0.2) is 18.2 Å². The van der Waals surface area contributed by atoms with Crippen molar-refractivity contribution in [2.75, 3.05) is 34.4 Å². The van der Waals surface area contributed by atoms with E-state index in [0.29, 0.717) is 17.4 Å². The Bertz CT molecular complexity index is 459. The highest BCUT2D eigenvalue weighted by Crippen LogP contribution is 2.28. The summed E-state index contributed by atoms with van der Waals surface area (Å²) in [5, 5.41) is 3.38. The lowest BCUT2D eigenvalue weighted by atomic mass is 10.2. The van der Waals surface area contributed by atoms with Gasteiger partial charge < -0.3 is 19.7 Å². The van der Waals surface area contributed by atoms with E-state index in [1.165, 1.54) is 4.90 Å². The molecule has 1 aromatic carbocycles. The van der Waals surface area contributed by atoms with Gasteiger partial charge in [-0.3, -0.25) is 4.79 Å². The molecule has 5 heteroatoms. The van der Waals surface area contributed by atoms with E-state index in [-0.39, 0.29) is 12.5 Å². The van der Waals surface area contributed by atoms with E-state index in [9.17, 15) is 4.79 Å². The number of benzene rings is 1. The average Bonchev–Trinajstić information content (AvgIpc) is 2.44. The van der Waals surface area contributed by atoms with E-state index < -0.39 is 0 Å². The van der Waals surface area contributed by atoms with Gasteiger partial charge in [-0.05, 0) is 30.2 Å². The van der Waals surface area contributed by atoms with Gasteiger partial charge in [-0.1, -0.05) is 19.9 Å². The van der Waals surface area contributed by atoms with Crippen LogP contribution in [0.2, 0.25) is 0 Å². The Morgan fingerprint density at radius 2 is 2.00 bits per heavy atom. The van der Waals surface area contributed by atoms with Crippen LogP contribution in [0.5, 0.6) is 11.5 Å². The Hall–Kier alpha value is -1.75. The van der Waals surface area contributed by atoms with Gasteiger partial charge in [0, 0.05) is 20.6 Å². The van der Waals surface area contributed by atoms with Gasteiger partial charge in [0.1, 0.15) is 0 Å². The van der Waals surface area contributed by atoms with Crippen LogP contribution < -0.4 is 14.8 Å². The molecule has 118 valence electrons. The molecule has 5 nitrogen and oxygen atoms in total. The number of carbonyl (C=O) groups excluding carboxylic acids is 1. The highest BCUT2D eigenvalue weighted by atomic mass is 16.5. The molecule has 0 unspecified atom stereocenters. The van der Waals surface area contributed by atoms with Crippen LogP contribution in [0.25, 0.3) is 0 Å². The molecule has 0 saturated carbocycles. The molecule has 1 N–H and O–H groups in total. The number of ether oxygens (including phenoxy) is 2. The molecule has 21 heavy (non-hydrogen) atoms. The molecule has 0 aliphatic carbocycles. The molecule has 1 amide bonds. The van der Waals surface area contributed by atoms with Crippen molar-refractivity contribution in [1.29, 1.82) is 0 Å². The third-order valence-corrected chi connectivity index (χ3v) is 2.96. The topological polar surface area (TPSA) is 50.8 Å². The predicted octanol–water partition coefficient (Wildman–Crippen LogP) is 1.91. The number of nitrogens with one attached hydrogen (secondary N) is 1. The van der Waals surface area contributed by atoms with E-state index in [2.05, 4.69) is 19.2 Å². The summed E-state index contributed by atoms with van der Waals surface area (Å²) >= 11 is 0. The van der Waals surface area contributed by atoms with E-state index in [1.54, 1.807) is 21.2 Å². The van der Waals surface area contributed by atoms with Crippen molar-refractivity contribution in [2.24, 2.45) is 5.92 Å². The molecule has 0 bridgehead atoms. The first-order valence-electron chi connectivity index (χ1n) is 7.14. The van der Waals surface area contributed by atoms with Crippen LogP contribution in [0.1, 0.15) is 19.4 Å².